The number of hydrogen-bond acceptors (Lipinski definition) is 2. The van der Waals surface area contributed by atoms with Crippen molar-refractivity contribution >= 4 is 5.91 Å². The number of amides is 1. The lowest BCUT2D eigenvalue weighted by Crippen LogP contribution is -2.47. The summed E-state index contributed by atoms with van der Waals surface area (Å²) in [5, 5.41) is 11.0. The lowest BCUT2D eigenvalue weighted by Gasteiger charge is -2.42. The van der Waals surface area contributed by atoms with Crippen LogP contribution in [0.4, 0.5) is 0 Å². The molecule has 0 saturated heterocycles. The van der Waals surface area contributed by atoms with Gasteiger partial charge in [0.15, 0.2) is 6.23 Å². The van der Waals surface area contributed by atoms with E-state index in [-0.39, 0.29) is 5.91 Å². The van der Waals surface area contributed by atoms with Crippen molar-refractivity contribution < 1.29 is 9.90 Å². The normalized spacial score (nSPS) is 16.8. The third-order valence-electron chi connectivity index (χ3n) is 5.09. The lowest BCUT2D eigenvalue weighted by atomic mass is 9.83. The number of hydrogen-bond donors (Lipinski definition) is 1. The molecule has 3 heteroatoms. The highest BCUT2D eigenvalue weighted by molar-refractivity contribution is 5.99. The van der Waals surface area contributed by atoms with Crippen LogP contribution in [0.2, 0.25) is 0 Å². The maximum Gasteiger partial charge on any atom is 0.257 e. The van der Waals surface area contributed by atoms with Crippen LogP contribution in [0.3, 0.4) is 0 Å². The fourth-order valence-corrected chi connectivity index (χ4v) is 3.71. The molecule has 0 aromatic heterocycles. The lowest BCUT2D eigenvalue weighted by molar-refractivity contribution is -0.0236. The SMILES string of the molecule is CC(c1ccccc1)(c1ccccc1)N1C(=O)c2ccccc2C1O. The van der Waals surface area contributed by atoms with Crippen LogP contribution in [0, 0.1) is 0 Å². The quantitative estimate of drug-likeness (QED) is 0.786. The number of rotatable bonds is 3. The van der Waals surface area contributed by atoms with Crippen molar-refractivity contribution in [2.45, 2.75) is 18.7 Å². The van der Waals surface area contributed by atoms with Gasteiger partial charge >= 0.3 is 0 Å². The Morgan fingerprint density at radius 1 is 0.800 bits per heavy atom. The molecule has 1 unspecified atom stereocenters. The van der Waals surface area contributed by atoms with Gasteiger partial charge in [-0.3, -0.25) is 9.69 Å². The van der Waals surface area contributed by atoms with E-state index in [9.17, 15) is 9.90 Å². The van der Waals surface area contributed by atoms with Crippen molar-refractivity contribution in [3.05, 3.63) is 107 Å². The van der Waals surface area contributed by atoms with Gasteiger partial charge in [-0.2, -0.15) is 0 Å². The van der Waals surface area contributed by atoms with Crippen molar-refractivity contribution in [3.63, 3.8) is 0 Å². The van der Waals surface area contributed by atoms with Crippen LogP contribution in [-0.4, -0.2) is 15.9 Å². The van der Waals surface area contributed by atoms with E-state index in [2.05, 4.69) is 0 Å². The van der Waals surface area contributed by atoms with Gasteiger partial charge in [-0.1, -0.05) is 78.9 Å². The summed E-state index contributed by atoms with van der Waals surface area (Å²) in [6, 6.07) is 27.0. The number of benzene rings is 3. The minimum atomic E-state index is -0.978. The first-order valence-electron chi connectivity index (χ1n) is 8.36. The van der Waals surface area contributed by atoms with Crippen LogP contribution in [0.5, 0.6) is 0 Å². The maximum atomic E-state index is 13.2. The summed E-state index contributed by atoms with van der Waals surface area (Å²) in [7, 11) is 0. The second kappa shape index (κ2) is 5.87. The van der Waals surface area contributed by atoms with Gasteiger partial charge in [-0.25, -0.2) is 0 Å². The zero-order valence-electron chi connectivity index (χ0n) is 14.0. The van der Waals surface area contributed by atoms with Crippen LogP contribution in [0.1, 0.15) is 40.2 Å². The van der Waals surface area contributed by atoms with Crippen molar-refractivity contribution in [2.24, 2.45) is 0 Å². The van der Waals surface area contributed by atoms with Crippen LogP contribution in [0.15, 0.2) is 84.9 Å². The first-order valence-corrected chi connectivity index (χ1v) is 8.36. The summed E-state index contributed by atoms with van der Waals surface area (Å²) in [6.45, 7) is 1.99. The molecule has 4 rings (SSSR count). The fourth-order valence-electron chi connectivity index (χ4n) is 3.71. The number of aliphatic hydroxyl groups excluding tert-OH is 1. The van der Waals surface area contributed by atoms with Crippen molar-refractivity contribution in [1.82, 2.24) is 4.90 Å². The second-order valence-electron chi connectivity index (χ2n) is 6.44. The highest BCUT2D eigenvalue weighted by Gasteiger charge is 2.47. The Kier molecular flexibility index (Phi) is 3.66. The Morgan fingerprint density at radius 2 is 1.28 bits per heavy atom. The van der Waals surface area contributed by atoms with E-state index < -0.39 is 11.8 Å². The molecular weight excluding hydrogens is 310 g/mol. The Morgan fingerprint density at radius 3 is 1.80 bits per heavy atom. The Balaban J connectivity index is 1.93. The number of fused-ring (bicyclic) bond motifs is 1. The summed E-state index contributed by atoms with van der Waals surface area (Å²) >= 11 is 0. The molecule has 0 bridgehead atoms. The molecule has 0 radical (unpaired) electrons. The van der Waals surface area contributed by atoms with Crippen LogP contribution in [-0.2, 0) is 5.54 Å². The zero-order chi connectivity index (χ0) is 17.4. The molecule has 1 aliphatic heterocycles. The highest BCUT2D eigenvalue weighted by Crippen LogP contribution is 2.45. The molecule has 1 aliphatic rings. The number of nitrogens with zero attached hydrogens (tertiary/aromatic N) is 1. The van der Waals surface area contributed by atoms with E-state index in [1.54, 1.807) is 11.0 Å². The standard InChI is InChI=1S/C22H19NO2/c1-22(16-10-4-2-5-11-16,17-12-6-3-7-13-17)23-20(24)18-14-8-9-15-19(18)21(23)25/h2-15,20,24H,1H3. The van der Waals surface area contributed by atoms with E-state index >= 15 is 0 Å². The molecule has 124 valence electrons. The van der Waals surface area contributed by atoms with Gasteiger partial charge in [-0.05, 0) is 24.1 Å². The third-order valence-corrected chi connectivity index (χ3v) is 5.09. The van der Waals surface area contributed by atoms with Gasteiger partial charge < -0.3 is 5.11 Å². The van der Waals surface area contributed by atoms with Crippen LogP contribution in [0.25, 0.3) is 0 Å². The summed E-state index contributed by atoms with van der Waals surface area (Å²) in [5.74, 6) is -0.154. The molecule has 3 nitrogen and oxygen atoms in total. The molecule has 3 aromatic rings. The zero-order valence-corrected chi connectivity index (χ0v) is 14.0. The number of aliphatic hydroxyl groups is 1. The second-order valence-corrected chi connectivity index (χ2v) is 6.44. The molecule has 1 amide bonds. The van der Waals surface area contributed by atoms with Gasteiger partial charge in [0.05, 0.1) is 5.54 Å². The molecule has 0 saturated carbocycles. The Hall–Kier alpha value is -2.91. The van der Waals surface area contributed by atoms with E-state index in [0.29, 0.717) is 11.1 Å². The van der Waals surface area contributed by atoms with Gasteiger partial charge in [0.25, 0.3) is 5.91 Å². The predicted molar refractivity (Wildman–Crippen MR) is 96.9 cm³/mol. The Labute approximate surface area is 147 Å². The number of carbonyl (C=O) groups excluding carboxylic acids is 1. The molecule has 1 N–H and O–H groups in total. The molecule has 1 atom stereocenters. The highest BCUT2D eigenvalue weighted by atomic mass is 16.3. The van der Waals surface area contributed by atoms with E-state index in [0.717, 1.165) is 11.1 Å². The van der Waals surface area contributed by atoms with Gasteiger partial charge in [0, 0.05) is 11.1 Å². The largest absolute Gasteiger partial charge is 0.369 e. The minimum Gasteiger partial charge on any atom is -0.369 e. The van der Waals surface area contributed by atoms with E-state index in [1.165, 1.54) is 0 Å². The summed E-state index contributed by atoms with van der Waals surface area (Å²) in [5.41, 5.74) is 2.36. The van der Waals surface area contributed by atoms with Gasteiger partial charge in [0.1, 0.15) is 0 Å². The molecular formula is C22H19NO2. The predicted octanol–water partition coefficient (Wildman–Crippen LogP) is 4.10. The summed E-state index contributed by atoms with van der Waals surface area (Å²) in [4.78, 5) is 14.8. The summed E-state index contributed by atoms with van der Waals surface area (Å²) in [6.07, 6.45) is -0.978. The van der Waals surface area contributed by atoms with Gasteiger partial charge in [-0.15, -0.1) is 0 Å². The molecule has 3 aromatic carbocycles. The van der Waals surface area contributed by atoms with Crippen LogP contribution >= 0.6 is 0 Å². The average molecular weight is 329 g/mol. The molecule has 1 heterocycles. The smallest absolute Gasteiger partial charge is 0.257 e. The first-order chi connectivity index (χ1) is 12.1. The molecule has 0 aliphatic carbocycles. The first kappa shape index (κ1) is 15.6. The maximum absolute atomic E-state index is 13.2. The Bertz CT molecular complexity index is 866. The van der Waals surface area contributed by atoms with Gasteiger partial charge in [0.2, 0.25) is 0 Å². The number of carbonyl (C=O) groups is 1. The minimum absolute atomic E-state index is 0.154. The van der Waals surface area contributed by atoms with Crippen LogP contribution < -0.4 is 0 Å². The average Bonchev–Trinajstić information content (AvgIpc) is 2.94. The van der Waals surface area contributed by atoms with Crippen molar-refractivity contribution in [3.8, 4) is 0 Å². The van der Waals surface area contributed by atoms with Crippen molar-refractivity contribution in [1.29, 1.82) is 0 Å². The molecule has 25 heavy (non-hydrogen) atoms. The fraction of sp³-hybridized carbons (Fsp3) is 0.136. The monoisotopic (exact) mass is 329 g/mol. The summed E-state index contributed by atoms with van der Waals surface area (Å²) < 4.78 is 0. The van der Waals surface area contributed by atoms with Crippen molar-refractivity contribution in [2.75, 3.05) is 0 Å². The molecule has 0 fully saturated rings. The van der Waals surface area contributed by atoms with E-state index in [4.69, 9.17) is 0 Å². The topological polar surface area (TPSA) is 40.5 Å². The third kappa shape index (κ3) is 2.28. The van der Waals surface area contributed by atoms with E-state index in [1.807, 2.05) is 85.8 Å². The molecule has 0 spiro atoms.